The molecule has 1 amide bonds. The van der Waals surface area contributed by atoms with Crippen molar-refractivity contribution in [2.45, 2.75) is 25.6 Å². The first-order chi connectivity index (χ1) is 15.2. The largest absolute Gasteiger partial charge is 0.364 e. The van der Waals surface area contributed by atoms with Gasteiger partial charge in [-0.3, -0.25) is 4.79 Å². The molecule has 2 heterocycles. The van der Waals surface area contributed by atoms with Gasteiger partial charge in [-0.25, -0.2) is 0 Å². The topological polar surface area (TPSA) is 34.5 Å². The number of carbonyl (C=O) groups excluding carboxylic acids is 1. The van der Waals surface area contributed by atoms with Crippen molar-refractivity contribution in [1.82, 2.24) is 9.47 Å². The minimum absolute atomic E-state index is 0.0727. The zero-order valence-electron chi connectivity index (χ0n) is 17.8. The zero-order valence-corrected chi connectivity index (χ0v) is 17.8. The number of methoxy groups -OCH3 is 1. The predicted octanol–water partition coefficient (Wildman–Crippen LogP) is 5.71. The van der Waals surface area contributed by atoms with Gasteiger partial charge in [0.15, 0.2) is 0 Å². The minimum Gasteiger partial charge on any atom is -0.364 e. The summed E-state index contributed by atoms with van der Waals surface area (Å²) in [5.41, 5.74) is 4.40. The fourth-order valence-electron chi connectivity index (χ4n) is 5.05. The molecule has 3 aromatic carbocycles. The molecule has 1 aromatic heterocycles. The SMILES string of the molecule is C=CCC1c2c(c3ccccc3n2COC)CCN1C(=O)c1cccc2ccccc12. The van der Waals surface area contributed by atoms with Crippen molar-refractivity contribution >= 4 is 27.6 Å². The highest BCUT2D eigenvalue weighted by Crippen LogP contribution is 2.40. The van der Waals surface area contributed by atoms with Gasteiger partial charge >= 0.3 is 0 Å². The number of rotatable bonds is 5. The molecule has 0 fully saturated rings. The maximum absolute atomic E-state index is 13.8. The van der Waals surface area contributed by atoms with Crippen LogP contribution in [0.5, 0.6) is 0 Å². The number of hydrogen-bond acceptors (Lipinski definition) is 2. The Bertz CT molecular complexity index is 1280. The van der Waals surface area contributed by atoms with Gasteiger partial charge in [-0.05, 0) is 41.3 Å². The molecule has 1 aliphatic heterocycles. The molecule has 4 aromatic rings. The lowest BCUT2D eigenvalue weighted by Crippen LogP contribution is -2.41. The Hall–Kier alpha value is -3.37. The van der Waals surface area contributed by atoms with Crippen LogP contribution in [0.15, 0.2) is 79.4 Å². The standard InChI is InChI=1S/C27H26N2O2/c1-3-9-25-26-22(21-13-6-7-15-24(21)29(26)18-31-2)16-17-28(25)27(30)23-14-8-11-19-10-4-5-12-20(19)23/h3-8,10-15,25H,1,9,16-18H2,2H3. The number of fused-ring (bicyclic) bond motifs is 4. The highest BCUT2D eigenvalue weighted by Gasteiger charge is 2.35. The van der Waals surface area contributed by atoms with Gasteiger partial charge in [-0.2, -0.15) is 0 Å². The molecule has 0 saturated carbocycles. The maximum atomic E-state index is 13.8. The summed E-state index contributed by atoms with van der Waals surface area (Å²) in [5.74, 6) is 0.0727. The van der Waals surface area contributed by atoms with Gasteiger partial charge in [-0.1, -0.05) is 60.7 Å². The molecular weight excluding hydrogens is 384 g/mol. The van der Waals surface area contributed by atoms with Crippen LogP contribution >= 0.6 is 0 Å². The van der Waals surface area contributed by atoms with Crippen molar-refractivity contribution in [2.75, 3.05) is 13.7 Å². The maximum Gasteiger partial charge on any atom is 0.255 e. The Kier molecular flexibility index (Phi) is 5.08. The van der Waals surface area contributed by atoms with E-state index in [4.69, 9.17) is 4.74 Å². The van der Waals surface area contributed by atoms with Crippen molar-refractivity contribution in [1.29, 1.82) is 0 Å². The molecule has 0 N–H and O–H groups in total. The van der Waals surface area contributed by atoms with Crippen LogP contribution in [0.25, 0.3) is 21.7 Å². The summed E-state index contributed by atoms with van der Waals surface area (Å²) in [6.45, 7) is 5.14. The Labute approximate surface area is 182 Å². The van der Waals surface area contributed by atoms with E-state index in [9.17, 15) is 4.79 Å². The first-order valence-electron chi connectivity index (χ1n) is 10.7. The number of para-hydroxylation sites is 1. The fraction of sp³-hybridized carbons (Fsp3) is 0.222. The van der Waals surface area contributed by atoms with E-state index < -0.39 is 0 Å². The summed E-state index contributed by atoms with van der Waals surface area (Å²) in [4.78, 5) is 15.9. The molecule has 0 aliphatic carbocycles. The van der Waals surface area contributed by atoms with Gasteiger partial charge in [0, 0.05) is 30.3 Å². The summed E-state index contributed by atoms with van der Waals surface area (Å²) in [6, 6.07) is 22.4. The predicted molar refractivity (Wildman–Crippen MR) is 125 cm³/mol. The average molecular weight is 411 g/mol. The van der Waals surface area contributed by atoms with Gasteiger partial charge in [0.2, 0.25) is 0 Å². The number of hydrogen-bond donors (Lipinski definition) is 0. The van der Waals surface area contributed by atoms with Crippen molar-refractivity contribution in [3.63, 3.8) is 0 Å². The van der Waals surface area contributed by atoms with Crippen LogP contribution in [0.3, 0.4) is 0 Å². The van der Waals surface area contributed by atoms with E-state index in [-0.39, 0.29) is 11.9 Å². The monoisotopic (exact) mass is 410 g/mol. The second kappa shape index (κ2) is 8.05. The molecule has 156 valence electrons. The van der Waals surface area contributed by atoms with E-state index in [0.29, 0.717) is 19.7 Å². The third kappa shape index (κ3) is 3.15. The molecular formula is C27H26N2O2. The van der Waals surface area contributed by atoms with Crippen LogP contribution in [0.2, 0.25) is 0 Å². The lowest BCUT2D eigenvalue weighted by atomic mass is 9.93. The molecule has 1 atom stereocenters. The second-order valence-electron chi connectivity index (χ2n) is 8.04. The Morgan fingerprint density at radius 1 is 1.06 bits per heavy atom. The first kappa shape index (κ1) is 19.6. The van der Waals surface area contributed by atoms with Crippen molar-refractivity contribution in [3.8, 4) is 0 Å². The van der Waals surface area contributed by atoms with E-state index >= 15 is 0 Å². The van der Waals surface area contributed by atoms with Gasteiger partial charge < -0.3 is 14.2 Å². The first-order valence-corrected chi connectivity index (χ1v) is 10.7. The van der Waals surface area contributed by atoms with E-state index in [1.807, 2.05) is 41.3 Å². The molecule has 4 nitrogen and oxygen atoms in total. The normalized spacial score (nSPS) is 15.9. The number of amides is 1. The molecule has 1 aliphatic rings. The summed E-state index contributed by atoms with van der Waals surface area (Å²) in [6.07, 6.45) is 3.44. The molecule has 31 heavy (non-hydrogen) atoms. The van der Waals surface area contributed by atoms with Gasteiger partial charge in [0.1, 0.15) is 6.73 Å². The highest BCUT2D eigenvalue weighted by atomic mass is 16.5. The van der Waals surface area contributed by atoms with Crippen LogP contribution in [0.1, 0.15) is 34.1 Å². The fourth-order valence-corrected chi connectivity index (χ4v) is 5.05. The van der Waals surface area contributed by atoms with Crippen molar-refractivity contribution < 1.29 is 9.53 Å². The number of ether oxygens (including phenoxy) is 1. The molecule has 5 rings (SSSR count). The van der Waals surface area contributed by atoms with Crippen LogP contribution in [-0.4, -0.2) is 29.0 Å². The average Bonchev–Trinajstić information content (AvgIpc) is 3.13. The van der Waals surface area contributed by atoms with Gasteiger partial charge in [-0.15, -0.1) is 6.58 Å². The lowest BCUT2D eigenvalue weighted by molar-refractivity contribution is 0.0639. The lowest BCUT2D eigenvalue weighted by Gasteiger charge is -2.37. The van der Waals surface area contributed by atoms with E-state index in [1.165, 1.54) is 16.6 Å². The molecule has 0 spiro atoms. The van der Waals surface area contributed by atoms with Crippen LogP contribution in [0, 0.1) is 0 Å². The Balaban J connectivity index is 1.65. The van der Waals surface area contributed by atoms with Crippen LogP contribution < -0.4 is 0 Å². The Morgan fingerprint density at radius 2 is 1.81 bits per heavy atom. The second-order valence-corrected chi connectivity index (χ2v) is 8.04. The third-order valence-corrected chi connectivity index (χ3v) is 6.34. The molecule has 4 heteroatoms. The zero-order chi connectivity index (χ0) is 21.4. The van der Waals surface area contributed by atoms with E-state index in [2.05, 4.69) is 47.5 Å². The van der Waals surface area contributed by atoms with Gasteiger partial charge in [0.25, 0.3) is 5.91 Å². The molecule has 0 bridgehead atoms. The number of nitrogens with zero attached hydrogens (tertiary/aromatic N) is 2. The third-order valence-electron chi connectivity index (χ3n) is 6.34. The number of aromatic nitrogens is 1. The molecule has 0 radical (unpaired) electrons. The highest BCUT2D eigenvalue weighted by molar-refractivity contribution is 6.07. The number of carbonyl (C=O) groups is 1. The van der Waals surface area contributed by atoms with Gasteiger partial charge in [0.05, 0.1) is 11.6 Å². The molecule has 0 saturated heterocycles. The summed E-state index contributed by atoms with van der Waals surface area (Å²) in [5, 5.41) is 3.33. The molecule has 1 unspecified atom stereocenters. The van der Waals surface area contributed by atoms with Crippen LogP contribution in [-0.2, 0) is 17.9 Å². The van der Waals surface area contributed by atoms with Crippen molar-refractivity contribution in [3.05, 3.63) is 96.2 Å². The quantitative estimate of drug-likeness (QED) is 0.395. The van der Waals surface area contributed by atoms with Crippen molar-refractivity contribution in [2.24, 2.45) is 0 Å². The Morgan fingerprint density at radius 3 is 2.61 bits per heavy atom. The summed E-state index contributed by atoms with van der Waals surface area (Å²) < 4.78 is 7.78. The smallest absolute Gasteiger partial charge is 0.255 e. The minimum atomic E-state index is -0.0738. The van der Waals surface area contributed by atoms with E-state index in [1.54, 1.807) is 7.11 Å². The number of benzene rings is 3. The summed E-state index contributed by atoms with van der Waals surface area (Å²) >= 11 is 0. The summed E-state index contributed by atoms with van der Waals surface area (Å²) in [7, 11) is 1.71. The van der Waals surface area contributed by atoms with E-state index in [0.717, 1.165) is 28.3 Å². The van der Waals surface area contributed by atoms with Crippen LogP contribution in [0.4, 0.5) is 0 Å².